The number of hydrogen-bond donors (Lipinski definition) is 3. The number of aryl methyl sites for hydroxylation is 1. The maximum atomic E-state index is 12.7. The highest BCUT2D eigenvalue weighted by atomic mass is 32.2. The lowest BCUT2D eigenvalue weighted by atomic mass is 10.1. The number of carbonyl (C=O) groups excluding carboxylic acids is 2. The summed E-state index contributed by atoms with van der Waals surface area (Å²) in [6, 6.07) is 14.4. The van der Waals surface area contributed by atoms with E-state index in [0.29, 0.717) is 23.4 Å². The third-order valence-electron chi connectivity index (χ3n) is 4.37. The van der Waals surface area contributed by atoms with Crippen LogP contribution in [0.3, 0.4) is 0 Å². The van der Waals surface area contributed by atoms with Crippen LogP contribution in [0.5, 0.6) is 0 Å². The molecule has 1 heterocycles. The number of nitrogens with zero attached hydrogens (tertiary/aromatic N) is 2. The molecule has 9 heteroatoms. The van der Waals surface area contributed by atoms with Crippen molar-refractivity contribution in [2.45, 2.75) is 37.6 Å². The summed E-state index contributed by atoms with van der Waals surface area (Å²) in [4.78, 5) is 39.4. The number of nitrogens with one attached hydrogen (secondary N) is 3. The minimum Gasteiger partial charge on any atom is -0.326 e. The molecule has 2 aromatic carbocycles. The summed E-state index contributed by atoms with van der Waals surface area (Å²) in [5, 5.41) is 13.5. The van der Waals surface area contributed by atoms with Crippen molar-refractivity contribution in [2.75, 3.05) is 10.6 Å². The summed E-state index contributed by atoms with van der Waals surface area (Å²) < 4.78 is 0. The molecule has 1 atom stereocenters. The molecule has 160 valence electrons. The van der Waals surface area contributed by atoms with Crippen LogP contribution in [0.25, 0.3) is 11.3 Å². The first-order chi connectivity index (χ1) is 14.9. The second-order valence-corrected chi connectivity index (χ2v) is 8.10. The topological polar surface area (TPSA) is 117 Å². The molecule has 0 spiro atoms. The third kappa shape index (κ3) is 5.79. The van der Waals surface area contributed by atoms with Crippen LogP contribution < -0.4 is 16.2 Å². The number of aromatic nitrogens is 3. The number of H-pyrrole nitrogens is 1. The quantitative estimate of drug-likeness (QED) is 0.486. The van der Waals surface area contributed by atoms with Gasteiger partial charge in [-0.2, -0.15) is 0 Å². The highest BCUT2D eigenvalue weighted by Gasteiger charge is 2.21. The van der Waals surface area contributed by atoms with Gasteiger partial charge >= 0.3 is 0 Å². The first-order valence-electron chi connectivity index (χ1n) is 9.75. The summed E-state index contributed by atoms with van der Waals surface area (Å²) >= 11 is 1.14. The average Bonchev–Trinajstić information content (AvgIpc) is 2.72. The smallest absolute Gasteiger partial charge is 0.278 e. The van der Waals surface area contributed by atoms with Gasteiger partial charge in [-0.05, 0) is 37.1 Å². The van der Waals surface area contributed by atoms with Gasteiger partial charge in [0.1, 0.15) is 0 Å². The molecule has 3 aromatic rings. The van der Waals surface area contributed by atoms with Gasteiger partial charge in [0.15, 0.2) is 10.9 Å². The zero-order valence-corrected chi connectivity index (χ0v) is 18.2. The number of rotatable bonds is 7. The van der Waals surface area contributed by atoms with Crippen LogP contribution in [0.2, 0.25) is 0 Å². The number of aromatic amines is 1. The molecule has 0 saturated carbocycles. The zero-order chi connectivity index (χ0) is 22.4. The first kappa shape index (κ1) is 22.2. The molecule has 2 amide bonds. The lowest BCUT2D eigenvalue weighted by Gasteiger charge is -2.14. The Morgan fingerprint density at radius 1 is 1.10 bits per heavy atom. The minimum atomic E-state index is -0.456. The van der Waals surface area contributed by atoms with Crippen molar-refractivity contribution < 1.29 is 9.59 Å². The van der Waals surface area contributed by atoms with Gasteiger partial charge in [0.05, 0.1) is 10.9 Å². The van der Waals surface area contributed by atoms with Crippen LogP contribution in [0.15, 0.2) is 58.5 Å². The molecule has 31 heavy (non-hydrogen) atoms. The van der Waals surface area contributed by atoms with Crippen LogP contribution in [0, 0.1) is 6.92 Å². The fourth-order valence-corrected chi connectivity index (χ4v) is 3.78. The highest BCUT2D eigenvalue weighted by molar-refractivity contribution is 8.00. The summed E-state index contributed by atoms with van der Waals surface area (Å²) in [7, 11) is 0. The molecule has 0 saturated heterocycles. The largest absolute Gasteiger partial charge is 0.326 e. The molecular weight excluding hydrogens is 414 g/mol. The lowest BCUT2D eigenvalue weighted by Crippen LogP contribution is -2.25. The minimum absolute atomic E-state index is 0.0889. The Labute approximate surface area is 183 Å². The van der Waals surface area contributed by atoms with Crippen LogP contribution in [0.1, 0.15) is 25.8 Å². The van der Waals surface area contributed by atoms with Gasteiger partial charge in [0.2, 0.25) is 11.8 Å². The Morgan fingerprint density at radius 3 is 2.55 bits per heavy atom. The Morgan fingerprint density at radius 2 is 1.87 bits per heavy atom. The Bertz CT molecular complexity index is 1160. The third-order valence-corrected chi connectivity index (χ3v) is 5.61. The van der Waals surface area contributed by atoms with Crippen molar-refractivity contribution in [1.29, 1.82) is 0 Å². The fourth-order valence-electron chi connectivity index (χ4n) is 2.94. The maximum Gasteiger partial charge on any atom is 0.278 e. The molecule has 3 N–H and O–H groups in total. The molecule has 0 bridgehead atoms. The molecule has 0 aliphatic heterocycles. The standard InChI is InChI=1S/C22H23N5O3S/c1-4-18(20(29)24-15-9-7-8-13(2)12-15)31-22-25-21(30)19(26-27-22)16-10-5-6-11-17(16)23-14(3)28/h5-12,18H,4H2,1-3H3,(H,23,28)(H,24,29)(H,25,27,30). The summed E-state index contributed by atoms with van der Waals surface area (Å²) in [6.07, 6.45) is 0.541. The molecule has 0 aliphatic rings. The van der Waals surface area contributed by atoms with Crippen molar-refractivity contribution in [3.05, 3.63) is 64.4 Å². The van der Waals surface area contributed by atoms with Gasteiger partial charge < -0.3 is 10.6 Å². The van der Waals surface area contributed by atoms with E-state index in [2.05, 4.69) is 25.8 Å². The Kier molecular flexibility index (Phi) is 7.19. The van der Waals surface area contributed by atoms with Gasteiger partial charge in [-0.15, -0.1) is 10.2 Å². The van der Waals surface area contributed by atoms with Crippen LogP contribution in [-0.2, 0) is 9.59 Å². The lowest BCUT2D eigenvalue weighted by molar-refractivity contribution is -0.116. The normalized spacial score (nSPS) is 11.6. The SMILES string of the molecule is CCC(Sc1nnc(-c2ccccc2NC(C)=O)c(=O)[nH]1)C(=O)Nc1cccc(C)c1. The van der Waals surface area contributed by atoms with Crippen LogP contribution in [-0.4, -0.2) is 32.2 Å². The second kappa shape index (κ2) is 10.0. The fraction of sp³-hybridized carbons (Fsp3) is 0.227. The number of benzene rings is 2. The van der Waals surface area contributed by atoms with Crippen molar-refractivity contribution in [3.8, 4) is 11.3 Å². The van der Waals surface area contributed by atoms with Crippen molar-refractivity contribution >= 4 is 35.0 Å². The summed E-state index contributed by atoms with van der Waals surface area (Å²) in [6.45, 7) is 5.23. The molecule has 1 unspecified atom stereocenters. The number of hydrogen-bond acceptors (Lipinski definition) is 6. The number of anilines is 2. The highest BCUT2D eigenvalue weighted by Crippen LogP contribution is 2.26. The number of carbonyl (C=O) groups is 2. The van der Waals surface area contributed by atoms with Crippen molar-refractivity contribution in [2.24, 2.45) is 0 Å². The van der Waals surface area contributed by atoms with E-state index in [0.717, 1.165) is 17.3 Å². The molecule has 0 aliphatic carbocycles. The zero-order valence-electron chi connectivity index (χ0n) is 17.4. The van der Waals surface area contributed by atoms with Crippen LogP contribution >= 0.6 is 11.8 Å². The predicted molar refractivity (Wildman–Crippen MR) is 122 cm³/mol. The predicted octanol–water partition coefficient (Wildman–Crippen LogP) is 3.61. The van der Waals surface area contributed by atoms with Crippen molar-refractivity contribution in [1.82, 2.24) is 15.2 Å². The van der Waals surface area contributed by atoms with E-state index >= 15 is 0 Å². The molecule has 0 radical (unpaired) electrons. The van der Waals surface area contributed by atoms with E-state index in [1.54, 1.807) is 24.3 Å². The number of amides is 2. The first-order valence-corrected chi connectivity index (χ1v) is 10.6. The maximum absolute atomic E-state index is 12.7. The molecule has 8 nitrogen and oxygen atoms in total. The number of para-hydroxylation sites is 1. The number of thioether (sulfide) groups is 1. The van der Waals surface area contributed by atoms with Gasteiger partial charge in [0, 0.05) is 18.2 Å². The van der Waals surface area contributed by atoms with Crippen LogP contribution in [0.4, 0.5) is 11.4 Å². The van der Waals surface area contributed by atoms with E-state index in [4.69, 9.17) is 0 Å². The average molecular weight is 438 g/mol. The van der Waals surface area contributed by atoms with E-state index in [9.17, 15) is 14.4 Å². The summed E-state index contributed by atoms with van der Waals surface area (Å²) in [5.74, 6) is -0.435. The second-order valence-electron chi connectivity index (χ2n) is 6.91. The van der Waals surface area contributed by atoms with Gasteiger partial charge in [0.25, 0.3) is 5.56 Å². The molecule has 1 aromatic heterocycles. The Hall–Kier alpha value is -3.46. The van der Waals surface area contributed by atoms with Gasteiger partial charge in [-0.25, -0.2) is 0 Å². The summed E-state index contributed by atoms with van der Waals surface area (Å²) in [5.41, 5.74) is 2.33. The van der Waals surface area contributed by atoms with E-state index in [1.807, 2.05) is 38.1 Å². The Balaban J connectivity index is 1.79. The van der Waals surface area contributed by atoms with E-state index < -0.39 is 10.8 Å². The van der Waals surface area contributed by atoms with Crippen molar-refractivity contribution in [3.63, 3.8) is 0 Å². The molecule has 3 rings (SSSR count). The monoisotopic (exact) mass is 437 g/mol. The van der Waals surface area contributed by atoms with Gasteiger partial charge in [-0.1, -0.05) is 49.0 Å². The molecule has 0 fully saturated rings. The van der Waals surface area contributed by atoms with E-state index in [-0.39, 0.29) is 22.7 Å². The van der Waals surface area contributed by atoms with E-state index in [1.165, 1.54) is 6.92 Å². The van der Waals surface area contributed by atoms with Gasteiger partial charge in [-0.3, -0.25) is 19.4 Å². The molecular formula is C22H23N5O3S.